The van der Waals surface area contributed by atoms with Crippen molar-refractivity contribution in [1.29, 1.82) is 0 Å². The largest absolute Gasteiger partial charge is 0.726 e. The van der Waals surface area contributed by atoms with E-state index in [0.29, 0.717) is 0 Å². The van der Waals surface area contributed by atoms with Crippen LogP contribution in [-0.4, -0.2) is 56.0 Å². The van der Waals surface area contributed by atoms with Crippen molar-refractivity contribution >= 4 is 16.2 Å². The summed E-state index contributed by atoms with van der Waals surface area (Å²) in [5.41, 5.74) is 1.40. The molecule has 0 bridgehead atoms. The molecule has 1 aromatic rings. The highest BCUT2D eigenvalue weighted by Gasteiger charge is 2.26. The van der Waals surface area contributed by atoms with E-state index in [-0.39, 0.29) is 0 Å². The lowest BCUT2D eigenvalue weighted by atomic mass is 10.2. The van der Waals surface area contributed by atoms with Gasteiger partial charge in [0.2, 0.25) is 16.2 Å². The lowest BCUT2D eigenvalue weighted by Crippen LogP contribution is -2.30. The molecule has 0 N–H and O–H groups in total. The normalized spacial score (nSPS) is 14.7. The van der Waals surface area contributed by atoms with Crippen LogP contribution in [0.3, 0.4) is 0 Å². The highest BCUT2D eigenvalue weighted by molar-refractivity contribution is 7.80. The second-order valence-corrected chi connectivity index (χ2v) is 6.05. The first kappa shape index (κ1) is 17.6. The predicted octanol–water partition coefficient (Wildman–Crippen LogP) is 1.05. The van der Waals surface area contributed by atoms with Crippen LogP contribution in [0.5, 0.6) is 0 Å². The maximum Gasteiger partial charge on any atom is 0.246 e. The zero-order valence-corrected chi connectivity index (χ0v) is 13.5. The van der Waals surface area contributed by atoms with Crippen molar-refractivity contribution in [3.8, 4) is 0 Å². The molecule has 1 saturated heterocycles. The maximum atomic E-state index is 9.22. The number of hydrogen-bond donors (Lipinski definition) is 0. The van der Waals surface area contributed by atoms with Gasteiger partial charge in [-0.05, 0) is 12.0 Å². The van der Waals surface area contributed by atoms with Gasteiger partial charge in [0.25, 0.3) is 0 Å². The molecule has 21 heavy (non-hydrogen) atoms. The van der Waals surface area contributed by atoms with Gasteiger partial charge in [-0.3, -0.25) is 13.7 Å². The topological polar surface area (TPSA) is 72.7 Å². The number of amidine groups is 1. The summed E-state index contributed by atoms with van der Waals surface area (Å²) >= 11 is 0. The maximum absolute atomic E-state index is 9.22. The van der Waals surface area contributed by atoms with E-state index >= 15 is 0 Å². The molecule has 1 aromatic carbocycles. The van der Waals surface area contributed by atoms with Crippen LogP contribution in [0.2, 0.25) is 0 Å². The van der Waals surface area contributed by atoms with Crippen molar-refractivity contribution in [2.24, 2.45) is 0 Å². The zero-order valence-electron chi connectivity index (χ0n) is 12.7. The summed E-state index contributed by atoms with van der Waals surface area (Å²) in [5.74, 6) is 1.47. The van der Waals surface area contributed by atoms with E-state index in [0.717, 1.165) is 13.7 Å². The zero-order chi connectivity index (χ0) is 15.9. The molecule has 1 aliphatic rings. The minimum Gasteiger partial charge on any atom is -0.726 e. The average Bonchev–Trinajstić information content (AvgIpc) is 2.88. The fourth-order valence-corrected chi connectivity index (χ4v) is 2.20. The Labute approximate surface area is 126 Å². The quantitative estimate of drug-likeness (QED) is 0.474. The van der Waals surface area contributed by atoms with Crippen molar-refractivity contribution in [2.45, 2.75) is 19.4 Å². The number of nitrogens with zero attached hydrogens (tertiary/aromatic N) is 2. The molecular formula is C14H22N2O4S. The van der Waals surface area contributed by atoms with Gasteiger partial charge in [0.05, 0.1) is 34.2 Å². The lowest BCUT2D eigenvalue weighted by Gasteiger charge is -2.13. The number of benzene rings is 1. The van der Waals surface area contributed by atoms with Crippen molar-refractivity contribution in [2.75, 3.05) is 27.7 Å². The first-order valence-corrected chi connectivity index (χ1v) is 8.00. The fraction of sp³-hybridized carbons (Fsp3) is 0.500. The van der Waals surface area contributed by atoms with Crippen LogP contribution in [0.1, 0.15) is 18.4 Å². The van der Waals surface area contributed by atoms with Crippen LogP contribution < -0.4 is 0 Å². The first-order chi connectivity index (χ1) is 9.83. The summed E-state index contributed by atoms with van der Waals surface area (Å²) in [7, 11) is 0.671. The molecule has 6 nitrogen and oxygen atoms in total. The molecule has 0 amide bonds. The van der Waals surface area contributed by atoms with Crippen LogP contribution in [0.15, 0.2) is 30.3 Å². The molecule has 0 unspecified atom stereocenters. The average molecular weight is 314 g/mol. The van der Waals surface area contributed by atoms with Crippen molar-refractivity contribution < 1.29 is 21.7 Å². The van der Waals surface area contributed by atoms with Gasteiger partial charge >= 0.3 is 0 Å². The van der Waals surface area contributed by atoms with E-state index in [4.69, 9.17) is 0 Å². The smallest absolute Gasteiger partial charge is 0.246 e. The Hall–Kier alpha value is -1.44. The summed E-state index contributed by atoms with van der Waals surface area (Å²) in [4.78, 5) is 2.48. The summed E-state index contributed by atoms with van der Waals surface area (Å²) in [6.45, 7) is 2.25. The summed E-state index contributed by atoms with van der Waals surface area (Å²) in [5, 5.41) is 0. The summed E-state index contributed by atoms with van der Waals surface area (Å²) in [6.07, 6.45) is 2.51. The molecule has 1 heterocycles. The molecule has 1 aliphatic heterocycles. The van der Waals surface area contributed by atoms with E-state index in [9.17, 15) is 13.0 Å². The minimum absolute atomic E-state index is 0.808. The molecule has 0 aliphatic carbocycles. The lowest BCUT2D eigenvalue weighted by molar-refractivity contribution is -0.470. The fourth-order valence-electron chi connectivity index (χ4n) is 2.20. The molecule has 2 rings (SSSR count). The van der Waals surface area contributed by atoms with Crippen molar-refractivity contribution in [1.82, 2.24) is 4.90 Å². The third-order valence-electron chi connectivity index (χ3n) is 3.13. The SMILES string of the molecule is COS(=O)(=O)[O-].C[N+](C)=C1CCCN1Cc1ccccc1. The summed E-state index contributed by atoms with van der Waals surface area (Å²) < 4.78 is 33.3. The van der Waals surface area contributed by atoms with Gasteiger partial charge in [-0.1, -0.05) is 30.3 Å². The van der Waals surface area contributed by atoms with E-state index in [1.54, 1.807) is 0 Å². The number of likely N-dealkylation sites (tertiary alicyclic amines) is 1. The Morgan fingerprint density at radius 3 is 2.33 bits per heavy atom. The van der Waals surface area contributed by atoms with Crippen LogP contribution in [0.25, 0.3) is 0 Å². The molecule has 0 atom stereocenters. The van der Waals surface area contributed by atoms with Gasteiger partial charge in [0.1, 0.15) is 6.54 Å². The Bertz CT molecular complexity index is 566. The van der Waals surface area contributed by atoms with Crippen LogP contribution in [0.4, 0.5) is 0 Å². The van der Waals surface area contributed by atoms with Crippen molar-refractivity contribution in [3.63, 3.8) is 0 Å². The third-order valence-corrected chi connectivity index (χ3v) is 3.54. The Morgan fingerprint density at radius 2 is 1.86 bits per heavy atom. The molecular weight excluding hydrogens is 292 g/mol. The van der Waals surface area contributed by atoms with Gasteiger partial charge in [0.15, 0.2) is 0 Å². The molecule has 1 fully saturated rings. The van der Waals surface area contributed by atoms with Gasteiger partial charge < -0.3 is 4.55 Å². The first-order valence-electron chi connectivity index (χ1n) is 6.67. The second-order valence-electron chi connectivity index (χ2n) is 4.90. The van der Waals surface area contributed by atoms with E-state index < -0.39 is 10.4 Å². The third kappa shape index (κ3) is 6.70. The van der Waals surface area contributed by atoms with Gasteiger partial charge in [0, 0.05) is 0 Å². The molecule has 7 heteroatoms. The Kier molecular flexibility index (Phi) is 6.80. The van der Waals surface area contributed by atoms with E-state index in [1.807, 2.05) is 0 Å². The van der Waals surface area contributed by atoms with E-state index in [2.05, 4.69) is 58.1 Å². The molecule has 118 valence electrons. The highest BCUT2D eigenvalue weighted by Crippen LogP contribution is 2.14. The van der Waals surface area contributed by atoms with Gasteiger partial charge in [-0.2, -0.15) is 0 Å². The van der Waals surface area contributed by atoms with E-state index in [1.165, 1.54) is 30.8 Å². The highest BCUT2D eigenvalue weighted by atomic mass is 32.3. The Morgan fingerprint density at radius 1 is 1.29 bits per heavy atom. The number of hydrogen-bond acceptors (Lipinski definition) is 4. The molecule has 0 aromatic heterocycles. The van der Waals surface area contributed by atoms with Crippen LogP contribution in [-0.2, 0) is 21.1 Å². The minimum atomic E-state index is -4.41. The number of rotatable bonds is 3. The van der Waals surface area contributed by atoms with Crippen LogP contribution >= 0.6 is 0 Å². The predicted molar refractivity (Wildman–Crippen MR) is 79.9 cm³/mol. The van der Waals surface area contributed by atoms with Gasteiger partial charge in [-0.15, -0.1) is 0 Å². The second kappa shape index (κ2) is 8.11. The Balaban J connectivity index is 0.000000315. The van der Waals surface area contributed by atoms with Crippen LogP contribution in [0, 0.1) is 0 Å². The standard InChI is InChI=1S/C13H19N2.CH4O4S/c1-14(2)13-9-6-10-15(13)11-12-7-4-3-5-8-12;1-5-6(2,3)4/h3-5,7-8H,6,9-11H2,1-2H3;1H3,(H,2,3,4)/q+1;/p-1. The molecule has 0 saturated carbocycles. The van der Waals surface area contributed by atoms with Crippen molar-refractivity contribution in [3.05, 3.63) is 35.9 Å². The van der Waals surface area contributed by atoms with Gasteiger partial charge in [-0.25, -0.2) is 8.42 Å². The molecule has 0 radical (unpaired) electrons. The monoisotopic (exact) mass is 314 g/mol. The summed E-state index contributed by atoms with van der Waals surface area (Å²) in [6, 6.07) is 10.7. The molecule has 0 spiro atoms.